The van der Waals surface area contributed by atoms with E-state index in [9.17, 15) is 13.2 Å². The van der Waals surface area contributed by atoms with Gasteiger partial charge in [-0.2, -0.15) is 0 Å². The second kappa shape index (κ2) is 10.1. The number of esters is 1. The van der Waals surface area contributed by atoms with Crippen LogP contribution in [0.4, 0.5) is 0 Å². The Kier molecular flexibility index (Phi) is 8.92. The van der Waals surface area contributed by atoms with Gasteiger partial charge in [-0.05, 0) is 19.8 Å². The van der Waals surface area contributed by atoms with Crippen LogP contribution in [0.2, 0.25) is 0 Å². The lowest BCUT2D eigenvalue weighted by Crippen LogP contribution is -2.42. The molecule has 0 radical (unpaired) electrons. The van der Waals surface area contributed by atoms with Crippen molar-refractivity contribution in [3.63, 3.8) is 0 Å². The lowest BCUT2D eigenvalue weighted by molar-refractivity contribution is -0.143. The van der Waals surface area contributed by atoms with Gasteiger partial charge < -0.3 is 9.47 Å². The molecule has 0 saturated carbocycles. The van der Waals surface area contributed by atoms with Crippen LogP contribution in [-0.2, 0) is 24.3 Å². The van der Waals surface area contributed by atoms with E-state index in [4.69, 9.17) is 9.47 Å². The van der Waals surface area contributed by atoms with Gasteiger partial charge in [0.05, 0.1) is 25.6 Å². The van der Waals surface area contributed by atoms with Gasteiger partial charge in [-0.25, -0.2) is 12.7 Å². The zero-order valence-corrected chi connectivity index (χ0v) is 14.4. The maximum atomic E-state index is 12.1. The summed E-state index contributed by atoms with van der Waals surface area (Å²) in [5, 5.41) is 0. The number of hydrogen-bond donors (Lipinski definition) is 0. The third-order valence-electron chi connectivity index (χ3n) is 3.65. The second-order valence-corrected chi connectivity index (χ2v) is 7.55. The number of nitrogens with zero attached hydrogens (tertiary/aromatic N) is 2. The third-order valence-corrected chi connectivity index (χ3v) is 5.59. The van der Waals surface area contributed by atoms with Crippen LogP contribution in [0, 0.1) is 0 Å². The van der Waals surface area contributed by atoms with E-state index < -0.39 is 10.0 Å². The molecule has 0 unspecified atom stereocenters. The van der Waals surface area contributed by atoms with E-state index in [-0.39, 0.29) is 18.1 Å². The molecule has 0 atom stereocenters. The van der Waals surface area contributed by atoms with Gasteiger partial charge in [0.2, 0.25) is 10.0 Å². The fraction of sp³-hybridized carbons (Fsp3) is 0.929. The van der Waals surface area contributed by atoms with Crippen LogP contribution >= 0.6 is 0 Å². The monoisotopic (exact) mass is 336 g/mol. The van der Waals surface area contributed by atoms with E-state index in [1.54, 1.807) is 14.0 Å². The molecule has 1 heterocycles. The van der Waals surface area contributed by atoms with Crippen LogP contribution in [0.5, 0.6) is 0 Å². The summed E-state index contributed by atoms with van der Waals surface area (Å²) in [6.45, 7) is 6.46. The number of likely N-dealkylation sites (N-methyl/N-ethyl adjacent to an activating group) is 1. The lowest BCUT2D eigenvalue weighted by Gasteiger charge is -2.28. The van der Waals surface area contributed by atoms with Crippen LogP contribution in [0.3, 0.4) is 0 Å². The molecule has 1 aliphatic heterocycles. The molecule has 8 heteroatoms. The number of rotatable bonds is 10. The SMILES string of the molecule is CCOC(=O)CCCCS(=O)(=O)N(C)CCN1CCOCC1. The standard InChI is InChI=1S/C14H28N2O5S/c1-3-21-14(17)6-4-5-13-22(18,19)15(2)7-8-16-9-11-20-12-10-16/h3-13H2,1-2H3. The summed E-state index contributed by atoms with van der Waals surface area (Å²) in [6.07, 6.45) is 1.29. The fourth-order valence-corrected chi connectivity index (χ4v) is 3.43. The first kappa shape index (κ1) is 19.3. The lowest BCUT2D eigenvalue weighted by atomic mass is 10.2. The molecule has 22 heavy (non-hydrogen) atoms. The Hall–Kier alpha value is -0.700. The summed E-state index contributed by atoms with van der Waals surface area (Å²) in [5.41, 5.74) is 0. The van der Waals surface area contributed by atoms with Crippen molar-refractivity contribution < 1.29 is 22.7 Å². The number of carbonyl (C=O) groups is 1. The van der Waals surface area contributed by atoms with Crippen molar-refractivity contribution in [1.29, 1.82) is 0 Å². The molecule has 0 spiro atoms. The quantitative estimate of drug-likeness (QED) is 0.422. The predicted octanol–water partition coefficient (Wildman–Crippen LogP) is 0.314. The average molecular weight is 336 g/mol. The van der Waals surface area contributed by atoms with Gasteiger partial charge in [-0.3, -0.25) is 9.69 Å². The normalized spacial score (nSPS) is 16.9. The van der Waals surface area contributed by atoms with Gasteiger partial charge in [0.25, 0.3) is 0 Å². The number of sulfonamides is 1. The minimum atomic E-state index is -3.25. The highest BCUT2D eigenvalue weighted by atomic mass is 32.2. The first-order valence-electron chi connectivity index (χ1n) is 7.85. The second-order valence-electron chi connectivity index (χ2n) is 5.35. The smallest absolute Gasteiger partial charge is 0.305 e. The number of carbonyl (C=O) groups excluding carboxylic acids is 1. The Morgan fingerprint density at radius 3 is 2.59 bits per heavy atom. The van der Waals surface area contributed by atoms with Crippen molar-refractivity contribution >= 4 is 16.0 Å². The number of ether oxygens (including phenoxy) is 2. The molecule has 7 nitrogen and oxygen atoms in total. The molecule has 0 aromatic carbocycles. The minimum Gasteiger partial charge on any atom is -0.466 e. The van der Waals surface area contributed by atoms with E-state index in [0.29, 0.717) is 39.2 Å². The molecule has 1 rings (SSSR count). The third kappa shape index (κ3) is 7.53. The van der Waals surface area contributed by atoms with Crippen LogP contribution in [-0.4, -0.2) is 82.4 Å². The largest absolute Gasteiger partial charge is 0.466 e. The topological polar surface area (TPSA) is 76.2 Å². The fourth-order valence-electron chi connectivity index (χ4n) is 2.19. The first-order valence-corrected chi connectivity index (χ1v) is 9.46. The average Bonchev–Trinajstić information content (AvgIpc) is 2.50. The molecule has 1 aliphatic rings. The molecule has 0 aliphatic carbocycles. The van der Waals surface area contributed by atoms with Crippen molar-refractivity contribution in [3.05, 3.63) is 0 Å². The van der Waals surface area contributed by atoms with Crippen molar-refractivity contribution in [3.8, 4) is 0 Å². The zero-order chi connectivity index (χ0) is 16.4. The first-order chi connectivity index (χ1) is 10.5. The Morgan fingerprint density at radius 2 is 1.95 bits per heavy atom. The highest BCUT2D eigenvalue weighted by Gasteiger charge is 2.19. The Bertz CT molecular complexity index is 421. The molecule has 0 aromatic heterocycles. The van der Waals surface area contributed by atoms with Crippen LogP contribution in [0.25, 0.3) is 0 Å². The van der Waals surface area contributed by atoms with E-state index in [1.165, 1.54) is 4.31 Å². The van der Waals surface area contributed by atoms with E-state index in [0.717, 1.165) is 19.6 Å². The molecule has 1 saturated heterocycles. The molecule has 130 valence electrons. The van der Waals surface area contributed by atoms with Gasteiger partial charge in [-0.15, -0.1) is 0 Å². The summed E-state index contributed by atoms with van der Waals surface area (Å²) < 4.78 is 35.8. The Labute approximate surface area is 133 Å². The Balaban J connectivity index is 2.21. The van der Waals surface area contributed by atoms with Crippen molar-refractivity contribution in [2.45, 2.75) is 26.2 Å². The summed E-state index contributed by atoms with van der Waals surface area (Å²) >= 11 is 0. The summed E-state index contributed by atoms with van der Waals surface area (Å²) in [5.74, 6) is -0.188. The van der Waals surface area contributed by atoms with Crippen molar-refractivity contribution in [2.24, 2.45) is 0 Å². The van der Waals surface area contributed by atoms with Crippen LogP contribution in [0.15, 0.2) is 0 Å². The van der Waals surface area contributed by atoms with Crippen molar-refractivity contribution in [2.75, 3.05) is 58.8 Å². The van der Waals surface area contributed by atoms with Gasteiger partial charge in [0.15, 0.2) is 0 Å². The maximum absolute atomic E-state index is 12.1. The minimum absolute atomic E-state index is 0.0754. The molecule has 1 fully saturated rings. The highest BCUT2D eigenvalue weighted by molar-refractivity contribution is 7.89. The summed E-state index contributed by atoms with van der Waals surface area (Å²) in [4.78, 5) is 13.4. The summed E-state index contributed by atoms with van der Waals surface area (Å²) in [6, 6.07) is 0. The zero-order valence-electron chi connectivity index (χ0n) is 13.6. The molecular weight excluding hydrogens is 308 g/mol. The molecule has 0 bridgehead atoms. The summed E-state index contributed by atoms with van der Waals surface area (Å²) in [7, 11) is -1.64. The Morgan fingerprint density at radius 1 is 1.27 bits per heavy atom. The van der Waals surface area contributed by atoms with E-state index in [2.05, 4.69) is 4.90 Å². The predicted molar refractivity (Wildman–Crippen MR) is 84.2 cm³/mol. The number of hydrogen-bond acceptors (Lipinski definition) is 6. The van der Waals surface area contributed by atoms with Gasteiger partial charge in [0.1, 0.15) is 0 Å². The molecule has 0 amide bonds. The molecular formula is C14H28N2O5S. The van der Waals surface area contributed by atoms with Crippen molar-refractivity contribution in [1.82, 2.24) is 9.21 Å². The molecule has 0 N–H and O–H groups in total. The maximum Gasteiger partial charge on any atom is 0.305 e. The van der Waals surface area contributed by atoms with Crippen LogP contribution < -0.4 is 0 Å². The van der Waals surface area contributed by atoms with E-state index in [1.807, 2.05) is 0 Å². The van der Waals surface area contributed by atoms with Gasteiger partial charge >= 0.3 is 5.97 Å². The van der Waals surface area contributed by atoms with Gasteiger partial charge in [-0.1, -0.05) is 0 Å². The van der Waals surface area contributed by atoms with E-state index >= 15 is 0 Å². The number of unbranched alkanes of at least 4 members (excludes halogenated alkanes) is 1. The molecule has 0 aromatic rings. The van der Waals surface area contributed by atoms with Crippen LogP contribution in [0.1, 0.15) is 26.2 Å². The van der Waals surface area contributed by atoms with Gasteiger partial charge in [0, 0.05) is 39.6 Å². The number of morpholine rings is 1. The highest BCUT2D eigenvalue weighted by Crippen LogP contribution is 2.06.